The number of nitrogens with one attached hydrogen (secondary N) is 1. The summed E-state index contributed by atoms with van der Waals surface area (Å²) in [7, 11) is 0. The van der Waals surface area contributed by atoms with Gasteiger partial charge in [-0.25, -0.2) is 4.39 Å². The summed E-state index contributed by atoms with van der Waals surface area (Å²) >= 11 is 0. The fourth-order valence-electron chi connectivity index (χ4n) is 2.50. The molecule has 1 aliphatic rings. The number of hydrogen-bond acceptors (Lipinski definition) is 1. The van der Waals surface area contributed by atoms with Crippen molar-refractivity contribution in [3.05, 3.63) is 41.7 Å². The Bertz CT molecular complexity index is 458. The molecule has 1 aromatic rings. The minimum Gasteiger partial charge on any atom is -0.352 e. The SMILES string of the molecule is C/C(=C/C(=O)NCC1CCCC1)c1ccc(F)cc1. The van der Waals surface area contributed by atoms with Crippen molar-refractivity contribution in [2.75, 3.05) is 6.54 Å². The van der Waals surface area contributed by atoms with Crippen LogP contribution in [-0.4, -0.2) is 12.5 Å². The van der Waals surface area contributed by atoms with Gasteiger partial charge in [0.25, 0.3) is 0 Å². The highest BCUT2D eigenvalue weighted by molar-refractivity contribution is 5.94. The van der Waals surface area contributed by atoms with Crippen LogP contribution in [0.2, 0.25) is 0 Å². The average molecular weight is 261 g/mol. The van der Waals surface area contributed by atoms with Crippen LogP contribution in [0.15, 0.2) is 30.3 Å². The Morgan fingerprint density at radius 1 is 1.32 bits per heavy atom. The maximum Gasteiger partial charge on any atom is 0.244 e. The topological polar surface area (TPSA) is 29.1 Å². The van der Waals surface area contributed by atoms with E-state index in [9.17, 15) is 9.18 Å². The summed E-state index contributed by atoms with van der Waals surface area (Å²) in [6.45, 7) is 2.63. The van der Waals surface area contributed by atoms with Crippen molar-refractivity contribution in [1.29, 1.82) is 0 Å². The zero-order chi connectivity index (χ0) is 13.7. The highest BCUT2D eigenvalue weighted by Gasteiger charge is 2.15. The van der Waals surface area contributed by atoms with Crippen LogP contribution >= 0.6 is 0 Å². The molecule has 0 unspecified atom stereocenters. The first kappa shape index (κ1) is 13.8. The van der Waals surface area contributed by atoms with E-state index in [-0.39, 0.29) is 11.7 Å². The molecule has 1 saturated carbocycles. The molecule has 2 rings (SSSR count). The van der Waals surface area contributed by atoms with Crippen molar-refractivity contribution in [3.63, 3.8) is 0 Å². The smallest absolute Gasteiger partial charge is 0.244 e. The zero-order valence-corrected chi connectivity index (χ0v) is 11.3. The van der Waals surface area contributed by atoms with Crippen molar-refractivity contribution in [1.82, 2.24) is 5.32 Å². The van der Waals surface area contributed by atoms with E-state index in [0.29, 0.717) is 5.92 Å². The van der Waals surface area contributed by atoms with E-state index in [2.05, 4.69) is 5.32 Å². The minimum atomic E-state index is -0.262. The van der Waals surface area contributed by atoms with Gasteiger partial charge in [0.1, 0.15) is 5.82 Å². The van der Waals surface area contributed by atoms with Crippen LogP contribution in [0.25, 0.3) is 5.57 Å². The molecule has 0 heterocycles. The third-order valence-corrected chi connectivity index (χ3v) is 3.69. The number of carbonyl (C=O) groups excluding carboxylic acids is 1. The quantitative estimate of drug-likeness (QED) is 0.825. The number of hydrogen-bond donors (Lipinski definition) is 1. The lowest BCUT2D eigenvalue weighted by atomic mass is 10.1. The molecule has 0 bridgehead atoms. The second-order valence-electron chi connectivity index (χ2n) is 5.23. The van der Waals surface area contributed by atoms with Crippen molar-refractivity contribution in [2.45, 2.75) is 32.6 Å². The lowest BCUT2D eigenvalue weighted by molar-refractivity contribution is -0.116. The van der Waals surface area contributed by atoms with Crippen LogP contribution in [-0.2, 0) is 4.79 Å². The highest BCUT2D eigenvalue weighted by Crippen LogP contribution is 2.23. The Hall–Kier alpha value is -1.64. The number of carbonyl (C=O) groups is 1. The van der Waals surface area contributed by atoms with E-state index in [4.69, 9.17) is 0 Å². The monoisotopic (exact) mass is 261 g/mol. The molecular weight excluding hydrogens is 241 g/mol. The second kappa shape index (κ2) is 6.50. The van der Waals surface area contributed by atoms with Crippen LogP contribution in [0.4, 0.5) is 4.39 Å². The molecule has 1 fully saturated rings. The lowest BCUT2D eigenvalue weighted by Crippen LogP contribution is -2.26. The Labute approximate surface area is 113 Å². The summed E-state index contributed by atoms with van der Waals surface area (Å²) < 4.78 is 12.8. The summed E-state index contributed by atoms with van der Waals surface area (Å²) in [5, 5.41) is 2.95. The van der Waals surface area contributed by atoms with Gasteiger partial charge in [-0.15, -0.1) is 0 Å². The van der Waals surface area contributed by atoms with Gasteiger partial charge < -0.3 is 5.32 Å². The van der Waals surface area contributed by atoms with Crippen LogP contribution in [0.3, 0.4) is 0 Å². The van der Waals surface area contributed by atoms with Crippen molar-refractivity contribution >= 4 is 11.5 Å². The Morgan fingerprint density at radius 2 is 1.95 bits per heavy atom. The normalized spacial score (nSPS) is 16.6. The van der Waals surface area contributed by atoms with Crippen LogP contribution < -0.4 is 5.32 Å². The first-order chi connectivity index (χ1) is 9.15. The molecule has 0 aliphatic heterocycles. The van der Waals surface area contributed by atoms with E-state index in [1.807, 2.05) is 6.92 Å². The molecule has 0 atom stereocenters. The summed E-state index contributed by atoms with van der Waals surface area (Å²) in [5.74, 6) is 0.319. The summed E-state index contributed by atoms with van der Waals surface area (Å²) in [6, 6.07) is 6.18. The van der Waals surface area contributed by atoms with Crippen molar-refractivity contribution in [3.8, 4) is 0 Å². The van der Waals surface area contributed by atoms with Gasteiger partial charge in [0.15, 0.2) is 0 Å². The van der Waals surface area contributed by atoms with Gasteiger partial charge in [-0.3, -0.25) is 4.79 Å². The maximum absolute atomic E-state index is 12.8. The average Bonchev–Trinajstić information content (AvgIpc) is 2.90. The standard InChI is InChI=1S/C16H20FNO/c1-12(14-6-8-15(17)9-7-14)10-16(19)18-11-13-4-2-3-5-13/h6-10,13H,2-5,11H2,1H3,(H,18,19)/b12-10-. The third-order valence-electron chi connectivity index (χ3n) is 3.69. The highest BCUT2D eigenvalue weighted by atomic mass is 19.1. The van der Waals surface area contributed by atoms with Crippen LogP contribution in [0.5, 0.6) is 0 Å². The second-order valence-corrected chi connectivity index (χ2v) is 5.23. The zero-order valence-electron chi connectivity index (χ0n) is 11.3. The number of amides is 1. The van der Waals surface area contributed by atoms with Crippen molar-refractivity contribution in [2.24, 2.45) is 5.92 Å². The molecule has 19 heavy (non-hydrogen) atoms. The van der Waals surface area contributed by atoms with Gasteiger partial charge in [-0.1, -0.05) is 25.0 Å². The molecular formula is C16H20FNO. The molecule has 1 amide bonds. The molecule has 1 aliphatic carbocycles. The minimum absolute atomic E-state index is 0.0614. The Balaban J connectivity index is 1.88. The predicted molar refractivity (Wildman–Crippen MR) is 75.0 cm³/mol. The molecule has 3 heteroatoms. The van der Waals surface area contributed by atoms with E-state index in [1.165, 1.54) is 37.8 Å². The van der Waals surface area contributed by atoms with Crippen molar-refractivity contribution < 1.29 is 9.18 Å². The molecule has 0 radical (unpaired) electrons. The number of benzene rings is 1. The number of halogens is 1. The maximum atomic E-state index is 12.8. The van der Waals surface area contributed by atoms with E-state index < -0.39 is 0 Å². The first-order valence-corrected chi connectivity index (χ1v) is 6.87. The van der Waals surface area contributed by atoms with E-state index in [1.54, 1.807) is 18.2 Å². The predicted octanol–water partition coefficient (Wildman–Crippen LogP) is 3.54. The first-order valence-electron chi connectivity index (χ1n) is 6.87. The molecule has 0 saturated heterocycles. The van der Waals surface area contributed by atoms with Gasteiger partial charge in [0, 0.05) is 12.6 Å². The number of rotatable bonds is 4. The molecule has 102 valence electrons. The van der Waals surface area contributed by atoms with Gasteiger partial charge in [-0.2, -0.15) is 0 Å². The van der Waals surface area contributed by atoms with Gasteiger partial charge in [0.2, 0.25) is 5.91 Å². The van der Waals surface area contributed by atoms with E-state index >= 15 is 0 Å². The third kappa shape index (κ3) is 4.19. The lowest BCUT2D eigenvalue weighted by Gasteiger charge is -2.09. The molecule has 1 N–H and O–H groups in total. The van der Waals surface area contributed by atoms with E-state index in [0.717, 1.165) is 17.7 Å². The molecule has 0 aromatic heterocycles. The largest absolute Gasteiger partial charge is 0.352 e. The fourth-order valence-corrected chi connectivity index (χ4v) is 2.50. The van der Waals surface area contributed by atoms with Crippen LogP contribution in [0, 0.1) is 11.7 Å². The Morgan fingerprint density at radius 3 is 2.58 bits per heavy atom. The summed E-state index contributed by atoms with van der Waals surface area (Å²) in [4.78, 5) is 11.8. The number of allylic oxidation sites excluding steroid dienone is 1. The summed E-state index contributed by atoms with van der Waals surface area (Å²) in [5.41, 5.74) is 1.72. The van der Waals surface area contributed by atoms with Gasteiger partial charge in [-0.05, 0) is 49.0 Å². The molecule has 2 nitrogen and oxygen atoms in total. The van der Waals surface area contributed by atoms with Gasteiger partial charge in [0.05, 0.1) is 0 Å². The molecule has 1 aromatic carbocycles. The molecule has 0 spiro atoms. The Kier molecular flexibility index (Phi) is 4.72. The summed E-state index contributed by atoms with van der Waals surface area (Å²) in [6.07, 6.45) is 6.60. The fraction of sp³-hybridized carbons (Fsp3) is 0.438. The van der Waals surface area contributed by atoms with Crippen LogP contribution in [0.1, 0.15) is 38.2 Å². The van der Waals surface area contributed by atoms with Gasteiger partial charge >= 0.3 is 0 Å².